The van der Waals surface area contributed by atoms with Crippen LogP contribution in [0.2, 0.25) is 0 Å². The summed E-state index contributed by atoms with van der Waals surface area (Å²) >= 11 is 0. The first-order chi connectivity index (χ1) is 8.80. The quantitative estimate of drug-likeness (QED) is 0.796. The fourth-order valence-corrected chi connectivity index (χ4v) is 2.22. The van der Waals surface area contributed by atoms with Gasteiger partial charge in [-0.2, -0.15) is 0 Å². The predicted molar refractivity (Wildman–Crippen MR) is 69.7 cm³/mol. The third-order valence-corrected chi connectivity index (χ3v) is 3.72. The number of hydrogen-bond acceptors (Lipinski definition) is 2. The Balaban J connectivity index is 2.19. The number of nitrogens with two attached hydrogens (primary N) is 1. The summed E-state index contributed by atoms with van der Waals surface area (Å²) in [5, 5.41) is 0. The Morgan fingerprint density at radius 3 is 2.37 bits per heavy atom. The van der Waals surface area contributed by atoms with Crippen LogP contribution in [-0.2, 0) is 0 Å². The number of nitrogens with zero attached hydrogens (tertiary/aromatic N) is 1. The molecule has 2 N–H and O–H groups in total. The summed E-state index contributed by atoms with van der Waals surface area (Å²) in [6.07, 6.45) is 1.74. The van der Waals surface area contributed by atoms with Crippen LogP contribution in [-0.4, -0.2) is 23.9 Å². The molecule has 0 saturated carbocycles. The van der Waals surface area contributed by atoms with Gasteiger partial charge in [0.1, 0.15) is 11.6 Å². The van der Waals surface area contributed by atoms with Gasteiger partial charge in [0.2, 0.25) is 0 Å². The molecule has 5 heteroatoms. The molecule has 0 unspecified atom stereocenters. The van der Waals surface area contributed by atoms with Gasteiger partial charge < -0.3 is 10.6 Å². The number of halogens is 2. The van der Waals surface area contributed by atoms with E-state index in [-0.39, 0.29) is 16.7 Å². The van der Waals surface area contributed by atoms with E-state index >= 15 is 0 Å². The SMILES string of the molecule is CC1(C)CCN(C(=O)c2cc(N)c(F)cc2F)CC1. The zero-order valence-corrected chi connectivity index (χ0v) is 11.2. The first-order valence-corrected chi connectivity index (χ1v) is 6.34. The summed E-state index contributed by atoms with van der Waals surface area (Å²) < 4.78 is 26.7. The molecule has 1 fully saturated rings. The predicted octanol–water partition coefficient (Wildman–Crippen LogP) is 2.81. The molecule has 0 bridgehead atoms. The van der Waals surface area contributed by atoms with Gasteiger partial charge in [-0.05, 0) is 24.3 Å². The summed E-state index contributed by atoms with van der Waals surface area (Å²) in [6, 6.07) is 1.74. The second-order valence-corrected chi connectivity index (χ2v) is 5.81. The molecule has 0 atom stereocenters. The molecule has 1 saturated heterocycles. The lowest BCUT2D eigenvalue weighted by Crippen LogP contribution is -2.41. The van der Waals surface area contributed by atoms with Crippen molar-refractivity contribution in [3.8, 4) is 0 Å². The highest BCUT2D eigenvalue weighted by Gasteiger charge is 2.29. The van der Waals surface area contributed by atoms with Gasteiger partial charge in [-0.15, -0.1) is 0 Å². The van der Waals surface area contributed by atoms with Crippen molar-refractivity contribution in [2.45, 2.75) is 26.7 Å². The van der Waals surface area contributed by atoms with Gasteiger partial charge in [0.15, 0.2) is 0 Å². The van der Waals surface area contributed by atoms with Gasteiger partial charge in [-0.3, -0.25) is 4.79 Å². The fraction of sp³-hybridized carbons (Fsp3) is 0.500. The number of hydrogen-bond donors (Lipinski definition) is 1. The largest absolute Gasteiger partial charge is 0.396 e. The lowest BCUT2D eigenvalue weighted by atomic mass is 9.82. The number of carbonyl (C=O) groups excluding carboxylic acids is 1. The summed E-state index contributed by atoms with van der Waals surface area (Å²) in [5.74, 6) is -2.12. The molecule has 1 aromatic carbocycles. The first-order valence-electron chi connectivity index (χ1n) is 6.34. The van der Waals surface area contributed by atoms with Crippen LogP contribution in [0.15, 0.2) is 12.1 Å². The molecule has 0 aromatic heterocycles. The molecule has 2 rings (SSSR count). The lowest BCUT2D eigenvalue weighted by molar-refractivity contribution is 0.0625. The van der Waals surface area contributed by atoms with Crippen molar-refractivity contribution in [1.82, 2.24) is 4.90 Å². The minimum atomic E-state index is -0.860. The van der Waals surface area contributed by atoms with Crippen molar-refractivity contribution in [2.75, 3.05) is 18.8 Å². The van der Waals surface area contributed by atoms with Crippen LogP contribution in [0.1, 0.15) is 37.0 Å². The van der Waals surface area contributed by atoms with Crippen molar-refractivity contribution in [3.05, 3.63) is 29.3 Å². The molecule has 1 aromatic rings. The maximum atomic E-state index is 13.6. The fourth-order valence-electron chi connectivity index (χ4n) is 2.22. The molecule has 0 aliphatic carbocycles. The van der Waals surface area contributed by atoms with E-state index < -0.39 is 17.5 Å². The monoisotopic (exact) mass is 268 g/mol. The summed E-state index contributed by atoms with van der Waals surface area (Å²) in [7, 11) is 0. The van der Waals surface area contributed by atoms with Gasteiger partial charge in [0, 0.05) is 19.2 Å². The first kappa shape index (κ1) is 13.8. The van der Waals surface area contributed by atoms with Gasteiger partial charge >= 0.3 is 0 Å². The standard InChI is InChI=1S/C14H18F2N2O/c1-14(2)3-5-18(6-4-14)13(19)9-7-12(17)11(16)8-10(9)15/h7-8H,3-6,17H2,1-2H3. The van der Waals surface area contributed by atoms with Gasteiger partial charge in [0.05, 0.1) is 11.3 Å². The van der Waals surface area contributed by atoms with Crippen molar-refractivity contribution in [3.63, 3.8) is 0 Å². The van der Waals surface area contributed by atoms with E-state index in [1.165, 1.54) is 0 Å². The molecule has 3 nitrogen and oxygen atoms in total. The van der Waals surface area contributed by atoms with Gasteiger partial charge in [-0.25, -0.2) is 8.78 Å². The van der Waals surface area contributed by atoms with Crippen LogP contribution < -0.4 is 5.73 Å². The third kappa shape index (κ3) is 2.85. The minimum Gasteiger partial charge on any atom is -0.396 e. The number of carbonyl (C=O) groups is 1. The van der Waals surface area contributed by atoms with Crippen LogP contribution >= 0.6 is 0 Å². The highest BCUT2D eigenvalue weighted by molar-refractivity contribution is 5.95. The van der Waals surface area contributed by atoms with Crippen molar-refractivity contribution in [1.29, 1.82) is 0 Å². The average molecular weight is 268 g/mol. The number of benzene rings is 1. The number of rotatable bonds is 1. The molecule has 1 aliphatic rings. The van der Waals surface area contributed by atoms with E-state index in [4.69, 9.17) is 5.73 Å². The second kappa shape index (κ2) is 4.79. The Kier molecular flexibility index (Phi) is 3.47. The van der Waals surface area contributed by atoms with E-state index in [0.717, 1.165) is 18.9 Å². The Bertz CT molecular complexity index is 504. The van der Waals surface area contributed by atoms with Crippen LogP contribution in [0.4, 0.5) is 14.5 Å². The van der Waals surface area contributed by atoms with Crippen LogP contribution in [0, 0.1) is 17.0 Å². The molecule has 19 heavy (non-hydrogen) atoms. The van der Waals surface area contributed by atoms with E-state index in [2.05, 4.69) is 13.8 Å². The highest BCUT2D eigenvalue weighted by Crippen LogP contribution is 2.30. The van der Waals surface area contributed by atoms with Crippen molar-refractivity contribution in [2.24, 2.45) is 5.41 Å². The Labute approximate surface area is 111 Å². The summed E-state index contributed by atoms with van der Waals surface area (Å²) in [4.78, 5) is 13.8. The second-order valence-electron chi connectivity index (χ2n) is 5.81. The normalized spacial score (nSPS) is 18.4. The lowest BCUT2D eigenvalue weighted by Gasteiger charge is -2.37. The van der Waals surface area contributed by atoms with Crippen LogP contribution in [0.5, 0.6) is 0 Å². The Morgan fingerprint density at radius 2 is 1.79 bits per heavy atom. The van der Waals surface area contributed by atoms with E-state index in [1.54, 1.807) is 4.90 Å². The number of piperidine rings is 1. The molecule has 1 heterocycles. The van der Waals surface area contributed by atoms with Crippen molar-refractivity contribution < 1.29 is 13.6 Å². The van der Waals surface area contributed by atoms with E-state index in [9.17, 15) is 13.6 Å². The van der Waals surface area contributed by atoms with Gasteiger partial charge in [0.25, 0.3) is 5.91 Å². The smallest absolute Gasteiger partial charge is 0.256 e. The maximum absolute atomic E-state index is 13.6. The van der Waals surface area contributed by atoms with E-state index in [1.807, 2.05) is 0 Å². The zero-order valence-electron chi connectivity index (χ0n) is 11.2. The highest BCUT2D eigenvalue weighted by atomic mass is 19.1. The molecular weight excluding hydrogens is 250 g/mol. The summed E-state index contributed by atoms with van der Waals surface area (Å²) in [6.45, 7) is 5.46. The topological polar surface area (TPSA) is 46.3 Å². The molecule has 1 aliphatic heterocycles. The van der Waals surface area contributed by atoms with Gasteiger partial charge in [-0.1, -0.05) is 13.8 Å². The third-order valence-electron chi connectivity index (χ3n) is 3.72. The zero-order chi connectivity index (χ0) is 14.2. The number of anilines is 1. The Morgan fingerprint density at radius 1 is 1.21 bits per heavy atom. The molecule has 0 spiro atoms. The van der Waals surface area contributed by atoms with Crippen LogP contribution in [0.3, 0.4) is 0 Å². The number of nitrogen functional groups attached to an aromatic ring is 1. The summed E-state index contributed by atoms with van der Waals surface area (Å²) in [5.41, 5.74) is 5.23. The van der Waals surface area contributed by atoms with Crippen LogP contribution in [0.25, 0.3) is 0 Å². The molecule has 104 valence electrons. The number of amides is 1. The maximum Gasteiger partial charge on any atom is 0.256 e. The van der Waals surface area contributed by atoms with Crippen molar-refractivity contribution >= 4 is 11.6 Å². The molecule has 1 amide bonds. The molecule has 0 radical (unpaired) electrons. The molecular formula is C14H18F2N2O. The Hall–Kier alpha value is -1.65. The number of likely N-dealkylation sites (tertiary alicyclic amines) is 1. The average Bonchev–Trinajstić information content (AvgIpc) is 2.33. The van der Waals surface area contributed by atoms with E-state index in [0.29, 0.717) is 19.2 Å². The minimum absolute atomic E-state index is 0.154.